The fraction of sp³-hybridized carbons (Fsp3) is 0.385. The number of nitrogens with one attached hydrogen (secondary N) is 1. The Morgan fingerprint density at radius 2 is 1.90 bits per heavy atom. The number of methoxy groups -OCH3 is 2. The number of Topliss-reactive ketones (excluding diaryl/α,β-unsaturated/α-hetero) is 1. The van der Waals surface area contributed by atoms with E-state index in [1.54, 1.807) is 12.1 Å². The first-order valence-corrected chi connectivity index (χ1v) is 5.78. The van der Waals surface area contributed by atoms with Gasteiger partial charge in [0.25, 0.3) is 0 Å². The van der Waals surface area contributed by atoms with Crippen molar-refractivity contribution in [2.24, 2.45) is 0 Å². The van der Waals surface area contributed by atoms with Crippen LogP contribution in [0.25, 0.3) is 0 Å². The summed E-state index contributed by atoms with van der Waals surface area (Å²) in [7, 11) is 2.81. The van der Waals surface area contributed by atoms with Gasteiger partial charge in [0.1, 0.15) is 0 Å². The molecule has 0 spiro atoms. The number of benzene rings is 1. The lowest BCUT2D eigenvalue weighted by Gasteiger charge is -2.17. The molecule has 0 bridgehead atoms. The first-order chi connectivity index (χ1) is 9.28. The van der Waals surface area contributed by atoms with E-state index in [4.69, 9.17) is 19.7 Å². The quantitative estimate of drug-likeness (QED) is 0.387. The number of aliphatic hydroxyl groups is 2. The Kier molecular flexibility index (Phi) is 5.06. The summed E-state index contributed by atoms with van der Waals surface area (Å²) >= 11 is 0. The van der Waals surface area contributed by atoms with Crippen molar-refractivity contribution < 1.29 is 29.3 Å². The second-order valence-electron chi connectivity index (χ2n) is 4.21. The van der Waals surface area contributed by atoms with Crippen molar-refractivity contribution in [2.75, 3.05) is 14.2 Å². The van der Waals surface area contributed by atoms with Crippen molar-refractivity contribution in [1.29, 1.82) is 0 Å². The average molecular weight is 283 g/mol. The zero-order chi connectivity index (χ0) is 15.3. The van der Waals surface area contributed by atoms with Crippen LogP contribution in [0, 0.1) is 0 Å². The third-order valence-electron chi connectivity index (χ3n) is 2.40. The molecule has 0 saturated carbocycles. The van der Waals surface area contributed by atoms with Crippen LogP contribution in [0.1, 0.15) is 23.7 Å². The SMILES string of the molecule is COc1cccc(C(=O)CC(=O)NC(C)(O)O)c1OC. The molecule has 0 saturated heterocycles. The first-order valence-electron chi connectivity index (χ1n) is 5.78. The molecule has 110 valence electrons. The molecule has 1 amide bonds. The maximum absolute atomic E-state index is 12.0. The van der Waals surface area contributed by atoms with E-state index in [0.29, 0.717) is 5.75 Å². The van der Waals surface area contributed by atoms with Crippen LogP contribution in [0.15, 0.2) is 18.2 Å². The number of ketones is 1. The lowest BCUT2D eigenvalue weighted by atomic mass is 10.1. The minimum absolute atomic E-state index is 0.180. The molecule has 7 nitrogen and oxygen atoms in total. The Morgan fingerprint density at radius 1 is 1.25 bits per heavy atom. The predicted octanol–water partition coefficient (Wildman–Crippen LogP) is 0.0511. The van der Waals surface area contributed by atoms with Gasteiger partial charge in [0, 0.05) is 6.92 Å². The fourth-order valence-corrected chi connectivity index (χ4v) is 1.66. The molecule has 0 aliphatic rings. The van der Waals surface area contributed by atoms with Crippen molar-refractivity contribution in [2.45, 2.75) is 19.3 Å². The highest BCUT2D eigenvalue weighted by Gasteiger charge is 2.23. The molecule has 3 N–H and O–H groups in total. The Balaban J connectivity index is 2.90. The topological polar surface area (TPSA) is 105 Å². The lowest BCUT2D eigenvalue weighted by molar-refractivity contribution is -0.177. The number of amides is 1. The molecule has 0 aliphatic carbocycles. The van der Waals surface area contributed by atoms with Crippen molar-refractivity contribution in [3.8, 4) is 11.5 Å². The van der Waals surface area contributed by atoms with Gasteiger partial charge in [0.05, 0.1) is 26.2 Å². The van der Waals surface area contributed by atoms with Gasteiger partial charge in [-0.05, 0) is 12.1 Å². The van der Waals surface area contributed by atoms with E-state index < -0.39 is 24.0 Å². The van der Waals surface area contributed by atoms with Crippen LogP contribution in [0.5, 0.6) is 11.5 Å². The maximum atomic E-state index is 12.0. The third kappa shape index (κ3) is 4.22. The molecule has 7 heteroatoms. The highest BCUT2D eigenvalue weighted by atomic mass is 16.5. The normalized spacial score (nSPS) is 10.8. The van der Waals surface area contributed by atoms with E-state index in [-0.39, 0.29) is 11.3 Å². The molecule has 1 aromatic carbocycles. The Morgan fingerprint density at radius 3 is 2.40 bits per heavy atom. The number of para-hydroxylation sites is 1. The largest absolute Gasteiger partial charge is 0.493 e. The molecule has 0 fully saturated rings. The van der Waals surface area contributed by atoms with Gasteiger partial charge in [-0.3, -0.25) is 9.59 Å². The third-order valence-corrected chi connectivity index (χ3v) is 2.40. The Bertz CT molecular complexity index is 506. The van der Waals surface area contributed by atoms with Crippen LogP contribution in [0.4, 0.5) is 0 Å². The highest BCUT2D eigenvalue weighted by molar-refractivity contribution is 6.09. The number of hydrogen-bond acceptors (Lipinski definition) is 6. The van der Waals surface area contributed by atoms with Crippen LogP contribution >= 0.6 is 0 Å². The smallest absolute Gasteiger partial charge is 0.243 e. The summed E-state index contributed by atoms with van der Waals surface area (Å²) in [5.74, 6) is -3.11. The second-order valence-corrected chi connectivity index (χ2v) is 4.21. The zero-order valence-corrected chi connectivity index (χ0v) is 11.5. The van der Waals surface area contributed by atoms with Crippen molar-refractivity contribution in [3.05, 3.63) is 23.8 Å². The number of hydrogen-bond donors (Lipinski definition) is 3. The van der Waals surface area contributed by atoms with Crippen molar-refractivity contribution in [3.63, 3.8) is 0 Å². The molecule has 0 atom stereocenters. The van der Waals surface area contributed by atoms with Gasteiger partial charge < -0.3 is 25.0 Å². The number of carbonyl (C=O) groups is 2. The van der Waals surface area contributed by atoms with E-state index in [1.165, 1.54) is 20.3 Å². The summed E-state index contributed by atoms with van der Waals surface area (Å²) in [4.78, 5) is 23.5. The van der Waals surface area contributed by atoms with Gasteiger partial charge in [-0.1, -0.05) is 6.07 Å². The Hall–Kier alpha value is -2.12. The van der Waals surface area contributed by atoms with Gasteiger partial charge in [0.15, 0.2) is 17.3 Å². The monoisotopic (exact) mass is 283 g/mol. The molecule has 0 aromatic heterocycles. The van der Waals surface area contributed by atoms with E-state index in [0.717, 1.165) is 6.92 Å². The average Bonchev–Trinajstić information content (AvgIpc) is 2.35. The molecule has 0 heterocycles. The predicted molar refractivity (Wildman–Crippen MR) is 69.5 cm³/mol. The molecule has 1 rings (SSSR count). The molecular weight excluding hydrogens is 266 g/mol. The lowest BCUT2D eigenvalue weighted by Crippen LogP contribution is -2.46. The van der Waals surface area contributed by atoms with Gasteiger partial charge in [-0.25, -0.2) is 0 Å². The summed E-state index contributed by atoms with van der Waals surface area (Å²) in [5.41, 5.74) is 0.180. The van der Waals surface area contributed by atoms with E-state index in [2.05, 4.69) is 0 Å². The van der Waals surface area contributed by atoms with Crippen molar-refractivity contribution >= 4 is 11.7 Å². The maximum Gasteiger partial charge on any atom is 0.243 e. The van der Waals surface area contributed by atoms with Crippen LogP contribution in [-0.4, -0.2) is 42.0 Å². The summed E-state index contributed by atoms with van der Waals surface area (Å²) < 4.78 is 10.1. The molecule has 0 aliphatic heterocycles. The van der Waals surface area contributed by atoms with Gasteiger partial charge in [-0.2, -0.15) is 0 Å². The molecule has 20 heavy (non-hydrogen) atoms. The minimum Gasteiger partial charge on any atom is -0.493 e. The fourth-order valence-electron chi connectivity index (χ4n) is 1.66. The van der Waals surface area contributed by atoms with E-state index in [9.17, 15) is 9.59 Å². The minimum atomic E-state index is -2.37. The van der Waals surface area contributed by atoms with Gasteiger partial charge in [-0.15, -0.1) is 0 Å². The van der Waals surface area contributed by atoms with Crippen LogP contribution < -0.4 is 14.8 Å². The standard InChI is InChI=1S/C13H17NO6/c1-13(17,18)14-11(16)7-9(15)8-5-4-6-10(19-2)12(8)20-3/h4-6,17-18H,7H2,1-3H3,(H,14,16). The molecule has 0 radical (unpaired) electrons. The van der Waals surface area contributed by atoms with Crippen LogP contribution in [0.3, 0.4) is 0 Å². The highest BCUT2D eigenvalue weighted by Crippen LogP contribution is 2.31. The molecule has 1 aromatic rings. The first kappa shape index (κ1) is 15.9. The number of rotatable bonds is 6. The summed E-state index contributed by atoms with van der Waals surface area (Å²) in [6, 6.07) is 4.71. The summed E-state index contributed by atoms with van der Waals surface area (Å²) in [5, 5.41) is 19.9. The number of carbonyl (C=O) groups excluding carboxylic acids is 2. The van der Waals surface area contributed by atoms with E-state index >= 15 is 0 Å². The van der Waals surface area contributed by atoms with Gasteiger partial charge >= 0.3 is 0 Å². The van der Waals surface area contributed by atoms with E-state index in [1.807, 2.05) is 5.32 Å². The second kappa shape index (κ2) is 6.36. The van der Waals surface area contributed by atoms with Gasteiger partial charge in [0.2, 0.25) is 11.8 Å². The molecular formula is C13H17NO6. The number of ether oxygens (including phenoxy) is 2. The Labute approximate surface area is 116 Å². The van der Waals surface area contributed by atoms with Crippen molar-refractivity contribution in [1.82, 2.24) is 5.32 Å². The van der Waals surface area contributed by atoms with Crippen LogP contribution in [0.2, 0.25) is 0 Å². The summed E-state index contributed by atoms with van der Waals surface area (Å²) in [6.45, 7) is 0.974. The van der Waals surface area contributed by atoms with Crippen LogP contribution in [-0.2, 0) is 4.79 Å². The molecule has 0 unspecified atom stereocenters. The zero-order valence-electron chi connectivity index (χ0n) is 11.5. The summed E-state index contributed by atoms with van der Waals surface area (Å²) in [6.07, 6.45) is -0.541.